The molecule has 3 aromatic heterocycles. The number of piperidine rings is 1. The van der Waals surface area contributed by atoms with Crippen molar-refractivity contribution < 1.29 is 19.1 Å². The van der Waals surface area contributed by atoms with E-state index in [1.807, 2.05) is 20.8 Å². The molecule has 0 saturated carbocycles. The van der Waals surface area contributed by atoms with Gasteiger partial charge in [0.1, 0.15) is 11.1 Å². The molecule has 3 aromatic rings. The Labute approximate surface area is 190 Å². The van der Waals surface area contributed by atoms with E-state index in [1.165, 1.54) is 12.4 Å². The van der Waals surface area contributed by atoms with Gasteiger partial charge in [-0.05, 0) is 26.8 Å². The van der Waals surface area contributed by atoms with E-state index >= 15 is 0 Å². The number of aromatic nitrogens is 4. The van der Waals surface area contributed by atoms with Crippen molar-refractivity contribution in [2.75, 3.05) is 13.1 Å². The maximum atomic E-state index is 13.1. The molecule has 0 aromatic carbocycles. The van der Waals surface area contributed by atoms with E-state index < -0.39 is 11.5 Å². The van der Waals surface area contributed by atoms with Crippen molar-refractivity contribution in [2.24, 2.45) is 5.73 Å². The van der Waals surface area contributed by atoms with E-state index in [-0.39, 0.29) is 29.2 Å². The quantitative estimate of drug-likeness (QED) is 0.615. The lowest BCUT2D eigenvalue weighted by molar-refractivity contribution is -0.00587. The number of nitrogens with one attached hydrogen (secondary N) is 1. The van der Waals surface area contributed by atoms with E-state index in [2.05, 4.69) is 15.1 Å². The van der Waals surface area contributed by atoms with Crippen LogP contribution in [0.1, 0.15) is 71.2 Å². The van der Waals surface area contributed by atoms with Crippen molar-refractivity contribution in [1.29, 1.82) is 0 Å². The summed E-state index contributed by atoms with van der Waals surface area (Å²) in [6, 6.07) is 1.68. The number of nitrogens with zero attached hydrogens (tertiary/aromatic N) is 4. The first-order valence-electron chi connectivity index (χ1n) is 10.9. The number of aromatic amines is 1. The van der Waals surface area contributed by atoms with Crippen LogP contribution in [0.4, 0.5) is 0 Å². The molecular weight excluding hydrogens is 424 g/mol. The van der Waals surface area contributed by atoms with Gasteiger partial charge in [0.15, 0.2) is 17.2 Å². The van der Waals surface area contributed by atoms with Crippen LogP contribution in [0.3, 0.4) is 0 Å². The Kier molecular flexibility index (Phi) is 4.59. The summed E-state index contributed by atoms with van der Waals surface area (Å²) in [5.41, 5.74) is 6.59. The van der Waals surface area contributed by atoms with Gasteiger partial charge in [-0.2, -0.15) is 5.10 Å². The molecule has 172 valence electrons. The summed E-state index contributed by atoms with van der Waals surface area (Å²) in [5, 5.41) is 4.44. The van der Waals surface area contributed by atoms with Crippen LogP contribution < -0.4 is 10.5 Å². The monoisotopic (exact) mass is 450 g/mol. The molecule has 0 bridgehead atoms. The van der Waals surface area contributed by atoms with Gasteiger partial charge in [0.05, 0.1) is 34.8 Å². The standard InChI is InChI=1S/C23H26N6O4/c1-22(2,3)29-12-17-19(27-29)16(30)9-23(33-17)4-6-28(7-5-23)21(32)13-8-15-18(26-10-13)14(11-25-15)20(24)31/h8,10-12,25H,4-7,9H2,1-3H3,(H2,24,31). The molecule has 0 unspecified atom stereocenters. The summed E-state index contributed by atoms with van der Waals surface area (Å²) in [7, 11) is 0. The van der Waals surface area contributed by atoms with Gasteiger partial charge in [-0.1, -0.05) is 0 Å². The molecular formula is C23H26N6O4. The Balaban J connectivity index is 1.31. The van der Waals surface area contributed by atoms with Crippen LogP contribution in [0.15, 0.2) is 24.7 Å². The molecule has 2 amide bonds. The topological polar surface area (TPSA) is 136 Å². The van der Waals surface area contributed by atoms with Gasteiger partial charge in [-0.3, -0.25) is 24.0 Å². The van der Waals surface area contributed by atoms with Crippen LogP contribution in [-0.4, -0.2) is 60.9 Å². The lowest BCUT2D eigenvalue weighted by Crippen LogP contribution is -2.52. The molecule has 2 aliphatic rings. The Morgan fingerprint density at radius 1 is 1.24 bits per heavy atom. The second-order valence-corrected chi connectivity index (χ2v) is 9.82. The number of likely N-dealkylation sites (tertiary alicyclic amines) is 1. The van der Waals surface area contributed by atoms with Crippen LogP contribution >= 0.6 is 0 Å². The van der Waals surface area contributed by atoms with E-state index in [4.69, 9.17) is 10.5 Å². The molecule has 0 aliphatic carbocycles. The number of amides is 2. The molecule has 1 spiro atoms. The second kappa shape index (κ2) is 7.16. The number of pyridine rings is 1. The number of primary amides is 1. The van der Waals surface area contributed by atoms with Crippen molar-refractivity contribution in [3.8, 4) is 5.75 Å². The van der Waals surface area contributed by atoms with Crippen LogP contribution in [0, 0.1) is 0 Å². The summed E-state index contributed by atoms with van der Waals surface area (Å²) < 4.78 is 8.08. The van der Waals surface area contributed by atoms with Gasteiger partial charge in [-0.15, -0.1) is 0 Å². The Hall–Kier alpha value is -3.69. The number of hydrogen-bond donors (Lipinski definition) is 2. The van der Waals surface area contributed by atoms with Gasteiger partial charge in [-0.25, -0.2) is 0 Å². The summed E-state index contributed by atoms with van der Waals surface area (Å²) in [6.07, 6.45) is 6.11. The number of rotatable bonds is 2. The van der Waals surface area contributed by atoms with Crippen LogP contribution in [0.2, 0.25) is 0 Å². The van der Waals surface area contributed by atoms with Gasteiger partial charge in [0.25, 0.3) is 11.8 Å². The fourth-order valence-corrected chi connectivity index (χ4v) is 4.51. The van der Waals surface area contributed by atoms with E-state index in [0.29, 0.717) is 54.0 Å². The summed E-state index contributed by atoms with van der Waals surface area (Å²) in [5.74, 6) is -0.233. The van der Waals surface area contributed by atoms with Crippen molar-refractivity contribution in [3.05, 3.63) is 41.5 Å². The molecule has 0 radical (unpaired) electrons. The van der Waals surface area contributed by atoms with Gasteiger partial charge >= 0.3 is 0 Å². The molecule has 10 heteroatoms. The van der Waals surface area contributed by atoms with Crippen molar-refractivity contribution in [3.63, 3.8) is 0 Å². The zero-order chi connectivity index (χ0) is 23.5. The number of fused-ring (bicyclic) bond motifs is 2. The lowest BCUT2D eigenvalue weighted by atomic mass is 9.83. The lowest BCUT2D eigenvalue weighted by Gasteiger charge is -2.43. The Bertz CT molecular complexity index is 1290. The second-order valence-electron chi connectivity index (χ2n) is 9.82. The third-order valence-corrected chi connectivity index (χ3v) is 6.43. The molecule has 10 nitrogen and oxygen atoms in total. The van der Waals surface area contributed by atoms with Crippen molar-refractivity contribution in [1.82, 2.24) is 24.6 Å². The minimum Gasteiger partial charge on any atom is -0.483 e. The average molecular weight is 450 g/mol. The number of H-pyrrole nitrogens is 1. The SMILES string of the molecule is CC(C)(C)n1cc2c(n1)C(=O)CC1(CCN(C(=O)c3cnc4c(C(N)=O)c[nH]c4c3)CC1)O2. The predicted molar refractivity (Wildman–Crippen MR) is 119 cm³/mol. The molecule has 33 heavy (non-hydrogen) atoms. The number of carbonyl (C=O) groups excluding carboxylic acids is 3. The molecule has 1 saturated heterocycles. The van der Waals surface area contributed by atoms with E-state index in [9.17, 15) is 14.4 Å². The zero-order valence-corrected chi connectivity index (χ0v) is 18.8. The number of carbonyl (C=O) groups is 3. The summed E-state index contributed by atoms with van der Waals surface area (Å²) >= 11 is 0. The minimum atomic E-state index is -0.620. The summed E-state index contributed by atoms with van der Waals surface area (Å²) in [4.78, 5) is 46.4. The maximum Gasteiger partial charge on any atom is 0.255 e. The van der Waals surface area contributed by atoms with Crippen LogP contribution in [-0.2, 0) is 5.54 Å². The molecule has 1 fully saturated rings. The predicted octanol–water partition coefficient (Wildman–Crippen LogP) is 2.25. The zero-order valence-electron chi connectivity index (χ0n) is 18.8. The van der Waals surface area contributed by atoms with Crippen molar-refractivity contribution >= 4 is 28.6 Å². The smallest absolute Gasteiger partial charge is 0.255 e. The largest absolute Gasteiger partial charge is 0.483 e. The number of Topliss-reactive ketones (excluding diaryl/α,β-unsaturated/α-hetero) is 1. The highest BCUT2D eigenvalue weighted by molar-refractivity contribution is 6.06. The number of hydrogen-bond acceptors (Lipinski definition) is 6. The van der Waals surface area contributed by atoms with Gasteiger partial charge in [0.2, 0.25) is 0 Å². The number of ketones is 1. The minimum absolute atomic E-state index is 0.0225. The first-order valence-corrected chi connectivity index (χ1v) is 10.9. The molecule has 3 N–H and O–H groups in total. The third-order valence-electron chi connectivity index (χ3n) is 6.43. The molecule has 5 rings (SSSR count). The maximum absolute atomic E-state index is 13.1. The fraction of sp³-hybridized carbons (Fsp3) is 0.435. The van der Waals surface area contributed by atoms with Gasteiger partial charge < -0.3 is 20.4 Å². The number of ether oxygens (including phenoxy) is 1. The van der Waals surface area contributed by atoms with Crippen molar-refractivity contribution in [2.45, 2.75) is 51.2 Å². The average Bonchev–Trinajstić information content (AvgIpc) is 3.37. The Morgan fingerprint density at radius 2 is 1.97 bits per heavy atom. The fourth-order valence-electron chi connectivity index (χ4n) is 4.51. The van der Waals surface area contributed by atoms with Crippen LogP contribution in [0.5, 0.6) is 5.75 Å². The highest BCUT2D eigenvalue weighted by Gasteiger charge is 2.45. The molecule has 5 heterocycles. The highest BCUT2D eigenvalue weighted by Crippen LogP contribution is 2.39. The first kappa shape index (κ1) is 21.2. The van der Waals surface area contributed by atoms with Crippen LogP contribution in [0.25, 0.3) is 11.0 Å². The molecule has 2 aliphatic heterocycles. The highest BCUT2D eigenvalue weighted by atomic mass is 16.5. The Morgan fingerprint density at radius 3 is 2.64 bits per heavy atom. The normalized spacial score (nSPS) is 17.8. The van der Waals surface area contributed by atoms with Gasteiger partial charge in [0, 0.05) is 38.3 Å². The molecule has 0 atom stereocenters. The van der Waals surface area contributed by atoms with E-state index in [0.717, 1.165) is 0 Å². The number of nitrogens with two attached hydrogens (primary N) is 1. The summed E-state index contributed by atoms with van der Waals surface area (Å²) in [6.45, 7) is 6.98. The van der Waals surface area contributed by atoms with E-state index in [1.54, 1.807) is 21.8 Å². The third kappa shape index (κ3) is 3.55. The first-order chi connectivity index (χ1) is 15.6.